The second kappa shape index (κ2) is 4.77. The lowest BCUT2D eigenvalue weighted by atomic mass is 10.2. The van der Waals surface area contributed by atoms with Gasteiger partial charge in [-0.3, -0.25) is 0 Å². The van der Waals surface area contributed by atoms with Crippen LogP contribution in [0.4, 0.5) is 0 Å². The molecule has 0 fully saturated rings. The summed E-state index contributed by atoms with van der Waals surface area (Å²) in [5, 5.41) is 0. The van der Waals surface area contributed by atoms with Crippen molar-refractivity contribution in [1.82, 2.24) is 0 Å². The van der Waals surface area contributed by atoms with E-state index in [9.17, 15) is 9.59 Å². The molecule has 56 valence electrons. The smallest absolute Gasteiger partial charge is 0.345 e. The van der Waals surface area contributed by atoms with E-state index in [1.54, 1.807) is 13.8 Å². The molecule has 0 aliphatic rings. The number of rotatable bonds is 3. The SMILES string of the molecule is CCOC(=O)C(=C=O)CC. The summed E-state index contributed by atoms with van der Waals surface area (Å²) in [4.78, 5) is 20.7. The first kappa shape index (κ1) is 8.92. The van der Waals surface area contributed by atoms with Gasteiger partial charge in [-0.2, -0.15) is 0 Å². The molecule has 10 heavy (non-hydrogen) atoms. The van der Waals surface area contributed by atoms with Gasteiger partial charge in [0.05, 0.1) is 6.61 Å². The molecule has 0 aromatic heterocycles. The highest BCUT2D eigenvalue weighted by atomic mass is 16.5. The molecule has 0 atom stereocenters. The summed E-state index contributed by atoms with van der Waals surface area (Å²) in [7, 11) is 0. The van der Waals surface area contributed by atoms with Crippen molar-refractivity contribution in [3.63, 3.8) is 0 Å². The van der Waals surface area contributed by atoms with Crippen LogP contribution in [0.1, 0.15) is 20.3 Å². The van der Waals surface area contributed by atoms with E-state index in [4.69, 9.17) is 0 Å². The first-order valence-electron chi connectivity index (χ1n) is 3.17. The Morgan fingerprint density at radius 2 is 2.10 bits per heavy atom. The summed E-state index contributed by atoms with van der Waals surface area (Å²) < 4.78 is 4.55. The van der Waals surface area contributed by atoms with E-state index in [1.165, 1.54) is 5.94 Å². The Morgan fingerprint density at radius 1 is 1.50 bits per heavy atom. The summed E-state index contributed by atoms with van der Waals surface area (Å²) >= 11 is 0. The van der Waals surface area contributed by atoms with Crippen LogP contribution >= 0.6 is 0 Å². The van der Waals surface area contributed by atoms with E-state index >= 15 is 0 Å². The molecule has 0 amide bonds. The molecule has 0 saturated carbocycles. The predicted octanol–water partition coefficient (Wildman–Crippen LogP) is 0.718. The van der Waals surface area contributed by atoms with Gasteiger partial charge in [0.1, 0.15) is 11.5 Å². The number of carbonyl (C=O) groups excluding carboxylic acids is 2. The molecule has 0 heterocycles. The Morgan fingerprint density at radius 3 is 2.40 bits per heavy atom. The molecule has 0 aromatic rings. The highest BCUT2D eigenvalue weighted by molar-refractivity contribution is 5.96. The van der Waals surface area contributed by atoms with Crippen molar-refractivity contribution in [2.75, 3.05) is 6.61 Å². The Kier molecular flexibility index (Phi) is 4.25. The molecule has 0 aliphatic heterocycles. The van der Waals surface area contributed by atoms with Crippen LogP contribution < -0.4 is 0 Å². The third-order valence-corrected chi connectivity index (χ3v) is 0.999. The number of ether oxygens (including phenoxy) is 1. The van der Waals surface area contributed by atoms with Gasteiger partial charge in [-0.25, -0.2) is 9.59 Å². The summed E-state index contributed by atoms with van der Waals surface area (Å²) in [5.41, 5.74) is 0.0712. The molecule has 0 saturated heterocycles. The van der Waals surface area contributed by atoms with Crippen LogP contribution in [0, 0.1) is 0 Å². The second-order valence-electron chi connectivity index (χ2n) is 1.65. The van der Waals surface area contributed by atoms with Crippen LogP contribution in [-0.4, -0.2) is 18.5 Å². The van der Waals surface area contributed by atoms with Gasteiger partial charge in [-0.15, -0.1) is 0 Å². The van der Waals surface area contributed by atoms with Gasteiger partial charge in [0, 0.05) is 0 Å². The monoisotopic (exact) mass is 142 g/mol. The quantitative estimate of drug-likeness (QED) is 0.331. The van der Waals surface area contributed by atoms with E-state index in [2.05, 4.69) is 4.74 Å². The molecule has 3 nitrogen and oxygen atoms in total. The van der Waals surface area contributed by atoms with Crippen LogP contribution in [-0.2, 0) is 14.3 Å². The van der Waals surface area contributed by atoms with Crippen molar-refractivity contribution in [1.29, 1.82) is 0 Å². The highest BCUT2D eigenvalue weighted by Gasteiger charge is 2.07. The zero-order chi connectivity index (χ0) is 7.98. The summed E-state index contributed by atoms with van der Waals surface area (Å²) in [6.45, 7) is 3.69. The van der Waals surface area contributed by atoms with E-state index in [0.29, 0.717) is 13.0 Å². The lowest BCUT2D eigenvalue weighted by Gasteiger charge is -1.98. The lowest BCUT2D eigenvalue weighted by molar-refractivity contribution is -0.138. The standard InChI is InChI=1S/C7H10O3/c1-3-6(5-8)7(9)10-4-2/h3-4H2,1-2H3. The van der Waals surface area contributed by atoms with Gasteiger partial charge in [0.25, 0.3) is 0 Å². The van der Waals surface area contributed by atoms with Gasteiger partial charge in [-0.1, -0.05) is 6.92 Å². The molecule has 0 N–H and O–H groups in total. The van der Waals surface area contributed by atoms with Crippen molar-refractivity contribution in [2.45, 2.75) is 20.3 Å². The Bertz CT molecular complexity index is 166. The maximum Gasteiger partial charge on any atom is 0.345 e. The predicted molar refractivity (Wildman–Crippen MR) is 36.1 cm³/mol. The van der Waals surface area contributed by atoms with Gasteiger partial charge in [-0.05, 0) is 13.3 Å². The molecule has 0 unspecified atom stereocenters. The molecular formula is C7H10O3. The largest absolute Gasteiger partial charge is 0.462 e. The summed E-state index contributed by atoms with van der Waals surface area (Å²) in [6, 6.07) is 0. The number of hydrogen-bond acceptors (Lipinski definition) is 3. The first-order valence-corrected chi connectivity index (χ1v) is 3.17. The lowest BCUT2D eigenvalue weighted by Crippen LogP contribution is -2.07. The summed E-state index contributed by atoms with van der Waals surface area (Å²) in [6.07, 6.45) is 0.377. The molecule has 0 aromatic carbocycles. The molecule has 0 rings (SSSR count). The Hall–Kier alpha value is -1.08. The van der Waals surface area contributed by atoms with Crippen LogP contribution in [0.3, 0.4) is 0 Å². The van der Waals surface area contributed by atoms with Gasteiger partial charge in [0.15, 0.2) is 0 Å². The van der Waals surface area contributed by atoms with Gasteiger partial charge < -0.3 is 4.74 Å². The van der Waals surface area contributed by atoms with Gasteiger partial charge >= 0.3 is 5.97 Å². The average molecular weight is 142 g/mol. The second-order valence-corrected chi connectivity index (χ2v) is 1.65. The topological polar surface area (TPSA) is 43.4 Å². The van der Waals surface area contributed by atoms with Crippen LogP contribution in [0.5, 0.6) is 0 Å². The third-order valence-electron chi connectivity index (χ3n) is 0.999. The minimum Gasteiger partial charge on any atom is -0.462 e. The summed E-state index contributed by atoms with van der Waals surface area (Å²) in [5.74, 6) is 0.973. The maximum atomic E-state index is 10.7. The van der Waals surface area contributed by atoms with Crippen LogP contribution in [0.25, 0.3) is 0 Å². The Labute approximate surface area is 59.7 Å². The Balaban J connectivity index is 4.04. The van der Waals surface area contributed by atoms with Crippen LogP contribution in [0.2, 0.25) is 0 Å². The fraction of sp³-hybridized carbons (Fsp3) is 0.571. The molecule has 0 bridgehead atoms. The third kappa shape index (κ3) is 2.46. The number of esters is 1. The average Bonchev–Trinajstić information content (AvgIpc) is 1.91. The molecule has 3 heteroatoms. The minimum atomic E-state index is -0.556. The van der Waals surface area contributed by atoms with Crippen molar-refractivity contribution < 1.29 is 14.3 Å². The molecule has 0 radical (unpaired) electrons. The van der Waals surface area contributed by atoms with Crippen molar-refractivity contribution in [2.24, 2.45) is 0 Å². The first-order chi connectivity index (χ1) is 4.76. The number of carbonyl (C=O) groups is 1. The van der Waals surface area contributed by atoms with E-state index in [-0.39, 0.29) is 5.57 Å². The fourth-order valence-corrected chi connectivity index (χ4v) is 0.476. The molecule has 0 spiro atoms. The van der Waals surface area contributed by atoms with E-state index in [1.807, 2.05) is 0 Å². The van der Waals surface area contributed by atoms with Crippen molar-refractivity contribution >= 4 is 11.9 Å². The van der Waals surface area contributed by atoms with E-state index < -0.39 is 5.97 Å². The zero-order valence-electron chi connectivity index (χ0n) is 6.14. The zero-order valence-corrected chi connectivity index (χ0v) is 6.14. The fourth-order valence-electron chi connectivity index (χ4n) is 0.476. The van der Waals surface area contributed by atoms with E-state index in [0.717, 1.165) is 0 Å². The highest BCUT2D eigenvalue weighted by Crippen LogP contribution is 1.97. The molecule has 0 aliphatic carbocycles. The van der Waals surface area contributed by atoms with Crippen molar-refractivity contribution in [3.05, 3.63) is 5.57 Å². The maximum absolute atomic E-state index is 10.7. The minimum absolute atomic E-state index is 0.0712. The van der Waals surface area contributed by atoms with Gasteiger partial charge in [0.2, 0.25) is 0 Å². The normalized spacial score (nSPS) is 8.20. The number of hydrogen-bond donors (Lipinski definition) is 0. The van der Waals surface area contributed by atoms with Crippen LogP contribution in [0.15, 0.2) is 5.57 Å². The molecular weight excluding hydrogens is 132 g/mol. The van der Waals surface area contributed by atoms with Crippen molar-refractivity contribution in [3.8, 4) is 0 Å².